The number of rotatable bonds is 7. The average Bonchev–Trinajstić information content (AvgIpc) is 3.01. The molecule has 2 aromatic carbocycles. The second kappa shape index (κ2) is 8.61. The third-order valence-corrected chi connectivity index (χ3v) is 6.00. The molecular formula is C25H26N2O6. The summed E-state index contributed by atoms with van der Waals surface area (Å²) in [6.45, 7) is 3.42. The summed E-state index contributed by atoms with van der Waals surface area (Å²) in [4.78, 5) is 30.5. The van der Waals surface area contributed by atoms with Gasteiger partial charge in [-0.1, -0.05) is 0 Å². The predicted octanol–water partition coefficient (Wildman–Crippen LogP) is 3.84. The molecule has 1 aliphatic rings. The number of Topliss-reactive ketones (excluding diaryl/α,β-unsaturated/α-hetero) is 1. The minimum absolute atomic E-state index is 0.0414. The van der Waals surface area contributed by atoms with Crippen molar-refractivity contribution in [1.82, 2.24) is 9.88 Å². The van der Waals surface area contributed by atoms with Crippen molar-refractivity contribution in [1.29, 1.82) is 0 Å². The van der Waals surface area contributed by atoms with Crippen LogP contribution in [0.2, 0.25) is 0 Å². The lowest BCUT2D eigenvalue weighted by atomic mass is 10.0. The Kier molecular flexibility index (Phi) is 5.84. The molecule has 1 saturated heterocycles. The molecule has 0 atom stereocenters. The molecule has 8 nitrogen and oxygen atoms in total. The maximum Gasteiger partial charge on any atom is 0.233 e. The topological polar surface area (TPSA) is 87.2 Å². The van der Waals surface area contributed by atoms with Crippen LogP contribution in [0.5, 0.6) is 23.0 Å². The van der Waals surface area contributed by atoms with Gasteiger partial charge < -0.3 is 18.9 Å². The summed E-state index contributed by atoms with van der Waals surface area (Å²) >= 11 is 0. The summed E-state index contributed by atoms with van der Waals surface area (Å²) in [6, 6.07) is 11.2. The van der Waals surface area contributed by atoms with Gasteiger partial charge in [-0.05, 0) is 61.4 Å². The Hall–Kier alpha value is -3.81. The van der Waals surface area contributed by atoms with Crippen LogP contribution < -0.4 is 18.9 Å². The number of methoxy groups -OCH3 is 3. The molecule has 33 heavy (non-hydrogen) atoms. The van der Waals surface area contributed by atoms with Crippen LogP contribution in [-0.4, -0.2) is 55.2 Å². The first-order valence-corrected chi connectivity index (χ1v) is 10.5. The first kappa shape index (κ1) is 22.4. The Bertz CT molecular complexity index is 1210. The second-order valence-electron chi connectivity index (χ2n) is 8.21. The van der Waals surface area contributed by atoms with Crippen LogP contribution in [0.25, 0.3) is 22.0 Å². The highest BCUT2D eigenvalue weighted by Crippen LogP contribution is 2.42. The van der Waals surface area contributed by atoms with Gasteiger partial charge in [0.1, 0.15) is 5.75 Å². The lowest BCUT2D eigenvalue weighted by molar-refractivity contribution is -0.135. The van der Waals surface area contributed by atoms with Gasteiger partial charge in [0.25, 0.3) is 0 Å². The minimum atomic E-state index is -0.903. The monoisotopic (exact) mass is 450 g/mol. The van der Waals surface area contributed by atoms with E-state index < -0.39 is 5.54 Å². The quantitative estimate of drug-likeness (QED) is 0.506. The number of ketones is 1. The highest BCUT2D eigenvalue weighted by atomic mass is 16.5. The highest BCUT2D eigenvalue weighted by Gasteiger charge is 2.45. The fourth-order valence-corrected chi connectivity index (χ4v) is 3.96. The summed E-state index contributed by atoms with van der Waals surface area (Å²) < 4.78 is 22.5. The Morgan fingerprint density at radius 2 is 1.58 bits per heavy atom. The summed E-state index contributed by atoms with van der Waals surface area (Å²) in [5, 5.41) is 0.796. The van der Waals surface area contributed by atoms with Crippen LogP contribution in [0.15, 0.2) is 42.6 Å². The van der Waals surface area contributed by atoms with Gasteiger partial charge in [-0.2, -0.15) is 0 Å². The number of amides is 1. The number of nitrogens with zero attached hydrogens (tertiary/aromatic N) is 2. The maximum atomic E-state index is 12.3. The molecule has 0 unspecified atom stereocenters. The number of benzene rings is 2. The number of ether oxygens (including phenoxy) is 4. The van der Waals surface area contributed by atoms with E-state index in [1.165, 1.54) is 4.90 Å². The number of hydrogen-bond donors (Lipinski definition) is 0. The van der Waals surface area contributed by atoms with Gasteiger partial charge >= 0.3 is 0 Å². The third kappa shape index (κ3) is 3.92. The minimum Gasteiger partial charge on any atom is -0.493 e. The van der Waals surface area contributed by atoms with Crippen molar-refractivity contribution in [3.05, 3.63) is 42.6 Å². The summed E-state index contributed by atoms with van der Waals surface area (Å²) in [7, 11) is 4.68. The van der Waals surface area contributed by atoms with E-state index in [2.05, 4.69) is 4.98 Å². The smallest absolute Gasteiger partial charge is 0.233 e. The van der Waals surface area contributed by atoms with Gasteiger partial charge in [0.2, 0.25) is 11.7 Å². The lowest BCUT2D eigenvalue weighted by Gasteiger charge is -2.30. The van der Waals surface area contributed by atoms with E-state index in [4.69, 9.17) is 18.9 Å². The molecule has 1 aromatic heterocycles. The first-order chi connectivity index (χ1) is 15.8. The number of fused-ring (bicyclic) bond motifs is 1. The van der Waals surface area contributed by atoms with E-state index in [0.29, 0.717) is 23.0 Å². The zero-order valence-corrected chi connectivity index (χ0v) is 19.3. The van der Waals surface area contributed by atoms with Crippen LogP contribution in [0.3, 0.4) is 0 Å². The van der Waals surface area contributed by atoms with Gasteiger partial charge in [-0.25, -0.2) is 0 Å². The summed E-state index contributed by atoms with van der Waals surface area (Å²) in [5.41, 5.74) is 1.45. The molecule has 3 aromatic rings. The standard InChI is InChI=1S/C25H26N2O6/c1-25(2)22(28)13-23(29)27(25)14-33-19-10-15(9-18-17(19)7-6-8-26-18)16-11-20(30-3)24(32-5)21(12-16)31-4/h6-12H,13-14H2,1-5H3. The van der Waals surface area contributed by atoms with Crippen LogP contribution in [0, 0.1) is 0 Å². The molecule has 0 aliphatic carbocycles. The Labute approximate surface area is 192 Å². The van der Waals surface area contributed by atoms with E-state index in [1.54, 1.807) is 41.4 Å². The lowest BCUT2D eigenvalue weighted by Crippen LogP contribution is -2.46. The number of pyridine rings is 1. The average molecular weight is 450 g/mol. The molecule has 2 heterocycles. The second-order valence-corrected chi connectivity index (χ2v) is 8.21. The summed E-state index contributed by atoms with van der Waals surface area (Å²) in [6.07, 6.45) is 1.60. The molecule has 0 spiro atoms. The van der Waals surface area contributed by atoms with Crippen LogP contribution in [0.1, 0.15) is 20.3 Å². The molecule has 0 saturated carbocycles. The van der Waals surface area contributed by atoms with E-state index in [0.717, 1.165) is 22.0 Å². The van der Waals surface area contributed by atoms with E-state index in [9.17, 15) is 9.59 Å². The fourth-order valence-electron chi connectivity index (χ4n) is 3.96. The molecule has 1 amide bonds. The van der Waals surface area contributed by atoms with Gasteiger partial charge in [-0.3, -0.25) is 19.5 Å². The SMILES string of the molecule is COc1cc(-c2cc(OCN3C(=O)CC(=O)C3(C)C)c3cccnc3c2)cc(OC)c1OC. The Morgan fingerprint density at radius 1 is 0.939 bits per heavy atom. The van der Waals surface area contributed by atoms with Crippen molar-refractivity contribution in [3.63, 3.8) is 0 Å². The largest absolute Gasteiger partial charge is 0.493 e. The molecule has 8 heteroatoms. The van der Waals surface area contributed by atoms with Crippen LogP contribution in [-0.2, 0) is 9.59 Å². The molecule has 4 rings (SSSR count). The number of likely N-dealkylation sites (tertiary alicyclic amines) is 1. The molecule has 0 bridgehead atoms. The predicted molar refractivity (Wildman–Crippen MR) is 123 cm³/mol. The van der Waals surface area contributed by atoms with Gasteiger partial charge in [0.15, 0.2) is 24.0 Å². The molecular weight excluding hydrogens is 424 g/mol. The number of aromatic nitrogens is 1. The highest BCUT2D eigenvalue weighted by molar-refractivity contribution is 6.09. The van der Waals surface area contributed by atoms with E-state index in [1.807, 2.05) is 36.4 Å². The molecule has 1 aliphatic heterocycles. The van der Waals surface area contributed by atoms with E-state index >= 15 is 0 Å². The van der Waals surface area contributed by atoms with Crippen molar-refractivity contribution in [3.8, 4) is 34.1 Å². The summed E-state index contributed by atoms with van der Waals surface area (Å²) in [5.74, 6) is 1.74. The van der Waals surface area contributed by atoms with Crippen molar-refractivity contribution >= 4 is 22.6 Å². The Morgan fingerprint density at radius 3 is 2.15 bits per heavy atom. The van der Waals surface area contributed by atoms with Crippen molar-refractivity contribution < 1.29 is 28.5 Å². The van der Waals surface area contributed by atoms with Crippen LogP contribution >= 0.6 is 0 Å². The normalized spacial score (nSPS) is 15.1. The van der Waals surface area contributed by atoms with Crippen molar-refractivity contribution in [2.24, 2.45) is 0 Å². The number of hydrogen-bond acceptors (Lipinski definition) is 7. The Balaban J connectivity index is 1.77. The molecule has 0 N–H and O–H groups in total. The molecule has 0 radical (unpaired) electrons. The fraction of sp³-hybridized carbons (Fsp3) is 0.320. The first-order valence-electron chi connectivity index (χ1n) is 10.5. The van der Waals surface area contributed by atoms with E-state index in [-0.39, 0.29) is 24.8 Å². The van der Waals surface area contributed by atoms with Crippen molar-refractivity contribution in [2.75, 3.05) is 28.1 Å². The molecule has 172 valence electrons. The van der Waals surface area contributed by atoms with Gasteiger partial charge in [0, 0.05) is 11.6 Å². The maximum absolute atomic E-state index is 12.3. The zero-order chi connectivity index (χ0) is 23.8. The number of carbonyl (C=O) groups excluding carboxylic acids is 2. The third-order valence-electron chi connectivity index (χ3n) is 6.00. The van der Waals surface area contributed by atoms with Crippen molar-refractivity contribution in [2.45, 2.75) is 25.8 Å². The van der Waals surface area contributed by atoms with Gasteiger partial charge in [-0.15, -0.1) is 0 Å². The molecule has 1 fully saturated rings. The number of carbonyl (C=O) groups is 2. The zero-order valence-electron chi connectivity index (χ0n) is 19.3. The van der Waals surface area contributed by atoms with Gasteiger partial charge in [0.05, 0.1) is 38.8 Å². The van der Waals surface area contributed by atoms with Crippen LogP contribution in [0.4, 0.5) is 0 Å².